The standard InChI is InChI=1S/C15H25N3S/c1-12-9-15(11-16,5-7-17(12)2)18-6-3-14-13(10-18)4-8-19-14/h4,8,12H,3,5-7,9-11,16H2,1-2H3. The summed E-state index contributed by atoms with van der Waals surface area (Å²) in [6, 6.07) is 2.94. The molecule has 0 aliphatic carbocycles. The van der Waals surface area contributed by atoms with Gasteiger partial charge in [0.15, 0.2) is 0 Å². The van der Waals surface area contributed by atoms with Gasteiger partial charge in [-0.25, -0.2) is 0 Å². The van der Waals surface area contributed by atoms with Crippen LogP contribution in [0.3, 0.4) is 0 Å². The highest BCUT2D eigenvalue weighted by Crippen LogP contribution is 2.35. The molecule has 0 spiro atoms. The van der Waals surface area contributed by atoms with Crippen LogP contribution in [0.25, 0.3) is 0 Å². The van der Waals surface area contributed by atoms with E-state index in [2.05, 4.69) is 35.2 Å². The fraction of sp³-hybridized carbons (Fsp3) is 0.733. The molecule has 3 rings (SSSR count). The van der Waals surface area contributed by atoms with Crippen LogP contribution in [0.1, 0.15) is 30.2 Å². The van der Waals surface area contributed by atoms with E-state index in [1.165, 1.54) is 37.9 Å². The summed E-state index contributed by atoms with van der Waals surface area (Å²) in [5, 5.41) is 2.24. The third kappa shape index (κ3) is 2.35. The van der Waals surface area contributed by atoms with Crippen molar-refractivity contribution in [2.45, 2.75) is 44.3 Å². The monoisotopic (exact) mass is 279 g/mol. The van der Waals surface area contributed by atoms with Crippen molar-refractivity contribution in [2.75, 3.05) is 26.7 Å². The van der Waals surface area contributed by atoms with Crippen LogP contribution in [0.2, 0.25) is 0 Å². The van der Waals surface area contributed by atoms with Crippen LogP contribution in [0.5, 0.6) is 0 Å². The average molecular weight is 279 g/mol. The molecular weight excluding hydrogens is 254 g/mol. The first-order valence-corrected chi connectivity index (χ1v) is 8.23. The van der Waals surface area contributed by atoms with Crippen LogP contribution < -0.4 is 5.73 Å². The molecule has 1 saturated heterocycles. The van der Waals surface area contributed by atoms with Crippen molar-refractivity contribution >= 4 is 11.3 Å². The summed E-state index contributed by atoms with van der Waals surface area (Å²) in [5.74, 6) is 0. The number of rotatable bonds is 2. The molecule has 0 bridgehead atoms. The highest BCUT2D eigenvalue weighted by Gasteiger charge is 2.41. The Bertz CT molecular complexity index is 444. The summed E-state index contributed by atoms with van der Waals surface area (Å²) in [6.45, 7) is 6.59. The van der Waals surface area contributed by atoms with Crippen LogP contribution in [-0.4, -0.2) is 48.1 Å². The average Bonchev–Trinajstić information content (AvgIpc) is 2.89. The lowest BCUT2D eigenvalue weighted by Crippen LogP contribution is -2.61. The zero-order valence-corrected chi connectivity index (χ0v) is 12.9. The molecule has 106 valence electrons. The summed E-state index contributed by atoms with van der Waals surface area (Å²) in [6.07, 6.45) is 3.63. The van der Waals surface area contributed by atoms with Crippen LogP contribution >= 0.6 is 11.3 Å². The van der Waals surface area contributed by atoms with Gasteiger partial charge in [-0.15, -0.1) is 11.3 Å². The van der Waals surface area contributed by atoms with Gasteiger partial charge in [0, 0.05) is 36.1 Å². The van der Waals surface area contributed by atoms with Gasteiger partial charge in [0.2, 0.25) is 0 Å². The van der Waals surface area contributed by atoms with E-state index < -0.39 is 0 Å². The Labute approximate surface area is 120 Å². The van der Waals surface area contributed by atoms with Gasteiger partial charge in [0.05, 0.1) is 0 Å². The van der Waals surface area contributed by atoms with Gasteiger partial charge in [0.25, 0.3) is 0 Å². The molecule has 0 amide bonds. The Balaban J connectivity index is 1.80. The van der Waals surface area contributed by atoms with Crippen LogP contribution in [0.15, 0.2) is 11.4 Å². The smallest absolute Gasteiger partial charge is 0.0362 e. The molecule has 1 fully saturated rings. The van der Waals surface area contributed by atoms with Gasteiger partial charge >= 0.3 is 0 Å². The molecule has 3 nitrogen and oxygen atoms in total. The Morgan fingerprint density at radius 1 is 1.47 bits per heavy atom. The number of hydrogen-bond acceptors (Lipinski definition) is 4. The minimum absolute atomic E-state index is 0.228. The minimum atomic E-state index is 0.228. The number of piperidine rings is 1. The van der Waals surface area contributed by atoms with Crippen LogP contribution in [0, 0.1) is 0 Å². The lowest BCUT2D eigenvalue weighted by Gasteiger charge is -2.51. The zero-order valence-electron chi connectivity index (χ0n) is 12.1. The number of nitrogens with two attached hydrogens (primary N) is 1. The molecule has 2 aliphatic rings. The maximum atomic E-state index is 6.21. The molecule has 0 radical (unpaired) electrons. The normalized spacial score (nSPS) is 33.3. The maximum absolute atomic E-state index is 6.21. The number of fused-ring (bicyclic) bond motifs is 1. The molecule has 19 heavy (non-hydrogen) atoms. The highest BCUT2D eigenvalue weighted by molar-refractivity contribution is 7.10. The zero-order chi connectivity index (χ0) is 13.5. The summed E-state index contributed by atoms with van der Waals surface area (Å²) < 4.78 is 0. The molecule has 0 saturated carbocycles. The second-order valence-electron chi connectivity index (χ2n) is 6.25. The van der Waals surface area contributed by atoms with Gasteiger partial charge in [-0.3, -0.25) is 4.90 Å². The third-order valence-electron chi connectivity index (χ3n) is 5.22. The first kappa shape index (κ1) is 13.6. The van der Waals surface area contributed by atoms with E-state index >= 15 is 0 Å². The SMILES string of the molecule is CC1CC(CN)(N2CCc3sccc3C2)CCN1C. The van der Waals surface area contributed by atoms with E-state index in [9.17, 15) is 0 Å². The second-order valence-corrected chi connectivity index (χ2v) is 7.25. The lowest BCUT2D eigenvalue weighted by molar-refractivity contribution is 0.00210. The molecule has 1 aromatic heterocycles. The first-order valence-electron chi connectivity index (χ1n) is 7.35. The predicted octanol–water partition coefficient (Wildman–Crippen LogP) is 1.92. The maximum Gasteiger partial charge on any atom is 0.0362 e. The van der Waals surface area contributed by atoms with Gasteiger partial charge in [0.1, 0.15) is 0 Å². The Kier molecular flexibility index (Phi) is 3.69. The van der Waals surface area contributed by atoms with Crippen molar-refractivity contribution in [1.82, 2.24) is 9.80 Å². The fourth-order valence-electron chi connectivity index (χ4n) is 3.67. The predicted molar refractivity (Wildman–Crippen MR) is 81.5 cm³/mol. The van der Waals surface area contributed by atoms with E-state index in [-0.39, 0.29) is 5.54 Å². The van der Waals surface area contributed by atoms with Gasteiger partial charge in [-0.05, 0) is 56.8 Å². The number of thiophene rings is 1. The summed E-state index contributed by atoms with van der Waals surface area (Å²) in [5.41, 5.74) is 7.98. The van der Waals surface area contributed by atoms with E-state index in [1.54, 1.807) is 4.88 Å². The van der Waals surface area contributed by atoms with Crippen molar-refractivity contribution in [1.29, 1.82) is 0 Å². The van der Waals surface area contributed by atoms with Gasteiger partial charge in [-0.2, -0.15) is 0 Å². The molecule has 4 heteroatoms. The van der Waals surface area contributed by atoms with E-state index in [0.29, 0.717) is 6.04 Å². The van der Waals surface area contributed by atoms with E-state index in [4.69, 9.17) is 5.73 Å². The number of nitrogens with zero attached hydrogens (tertiary/aromatic N) is 2. The Morgan fingerprint density at radius 3 is 3.05 bits per heavy atom. The van der Waals surface area contributed by atoms with Crippen LogP contribution in [-0.2, 0) is 13.0 Å². The van der Waals surface area contributed by atoms with Crippen molar-refractivity contribution in [3.63, 3.8) is 0 Å². The summed E-state index contributed by atoms with van der Waals surface area (Å²) in [7, 11) is 2.23. The number of likely N-dealkylation sites (tertiary alicyclic amines) is 1. The van der Waals surface area contributed by atoms with Crippen molar-refractivity contribution in [2.24, 2.45) is 5.73 Å². The molecule has 1 aromatic rings. The second kappa shape index (κ2) is 5.17. The fourth-order valence-corrected chi connectivity index (χ4v) is 4.56. The Hall–Kier alpha value is -0.420. The van der Waals surface area contributed by atoms with Crippen molar-refractivity contribution in [3.05, 3.63) is 21.9 Å². The first-order chi connectivity index (χ1) is 9.14. The third-order valence-corrected chi connectivity index (χ3v) is 6.24. The molecule has 2 aliphatic heterocycles. The molecule has 3 heterocycles. The molecule has 2 unspecified atom stereocenters. The van der Waals surface area contributed by atoms with Gasteiger partial charge in [-0.1, -0.05) is 0 Å². The van der Waals surface area contributed by atoms with Gasteiger partial charge < -0.3 is 10.6 Å². The molecule has 0 aromatic carbocycles. The Morgan fingerprint density at radius 2 is 2.32 bits per heavy atom. The number of hydrogen-bond donors (Lipinski definition) is 1. The highest BCUT2D eigenvalue weighted by atomic mass is 32.1. The summed E-state index contributed by atoms with van der Waals surface area (Å²) in [4.78, 5) is 6.73. The topological polar surface area (TPSA) is 32.5 Å². The van der Waals surface area contributed by atoms with E-state index in [0.717, 1.165) is 13.1 Å². The van der Waals surface area contributed by atoms with Crippen LogP contribution in [0.4, 0.5) is 0 Å². The van der Waals surface area contributed by atoms with Crippen molar-refractivity contribution < 1.29 is 0 Å². The quantitative estimate of drug-likeness (QED) is 0.898. The molecule has 2 N–H and O–H groups in total. The van der Waals surface area contributed by atoms with E-state index in [1.807, 2.05) is 11.3 Å². The summed E-state index contributed by atoms with van der Waals surface area (Å²) >= 11 is 1.92. The molecular formula is C15H25N3S. The molecule has 2 atom stereocenters. The minimum Gasteiger partial charge on any atom is -0.329 e. The van der Waals surface area contributed by atoms with Crippen molar-refractivity contribution in [3.8, 4) is 0 Å². The lowest BCUT2D eigenvalue weighted by atomic mass is 9.81. The largest absolute Gasteiger partial charge is 0.329 e.